The van der Waals surface area contributed by atoms with E-state index in [0.29, 0.717) is 12.8 Å². The van der Waals surface area contributed by atoms with Crippen LogP contribution in [0.5, 0.6) is 0 Å². The van der Waals surface area contributed by atoms with Crippen molar-refractivity contribution in [2.24, 2.45) is 21.5 Å². The number of carbonyl (C=O) groups excluding carboxylic acids is 2. The normalized spacial score (nSPS) is 26.6. The molecule has 10 heteroatoms. The Balaban J connectivity index is 1.08. The average Bonchev–Trinajstić information content (AvgIpc) is 3.74. The topological polar surface area (TPSA) is 148 Å². The highest BCUT2D eigenvalue weighted by Gasteiger charge is 2.39. The third-order valence-electron chi connectivity index (χ3n) is 7.12. The molecule has 0 saturated carbocycles. The summed E-state index contributed by atoms with van der Waals surface area (Å²) in [6.07, 6.45) is 2.06. The molecule has 0 bridgehead atoms. The van der Waals surface area contributed by atoms with E-state index in [1.165, 1.54) is 0 Å². The Morgan fingerprint density at radius 2 is 0.974 bits per heavy atom. The highest BCUT2D eigenvalue weighted by atomic mass is 16.7. The van der Waals surface area contributed by atoms with Crippen molar-refractivity contribution in [1.29, 1.82) is 0 Å². The van der Waals surface area contributed by atoms with Crippen molar-refractivity contribution in [2.75, 3.05) is 13.6 Å². The highest BCUT2D eigenvalue weighted by molar-refractivity contribution is 6.05. The number of nitrogens with zero attached hydrogens (tertiary/aromatic N) is 2. The minimum atomic E-state index is -0.804. The molecule has 2 saturated heterocycles. The maximum absolute atomic E-state index is 11.6. The molecule has 0 radical (unpaired) electrons. The molecule has 6 rings (SSSR count). The average molecular weight is 515 g/mol. The summed E-state index contributed by atoms with van der Waals surface area (Å²) in [6.45, 7) is 0.0659. The zero-order chi connectivity index (χ0) is 26.2. The van der Waals surface area contributed by atoms with Gasteiger partial charge in [-0.25, -0.2) is 0 Å². The van der Waals surface area contributed by atoms with Gasteiger partial charge in [0.25, 0.3) is 0 Å². The number of nitrogens with two attached hydrogens (primary N) is 2. The molecular formula is C28H26N4O6. The first-order valence-corrected chi connectivity index (χ1v) is 12.3. The van der Waals surface area contributed by atoms with Crippen LogP contribution >= 0.6 is 0 Å². The van der Waals surface area contributed by atoms with Crippen LogP contribution in [0.3, 0.4) is 0 Å². The van der Waals surface area contributed by atoms with Gasteiger partial charge < -0.3 is 30.4 Å². The summed E-state index contributed by atoms with van der Waals surface area (Å²) in [7, 11) is 0. The number of carbonyl (C=O) groups is 2. The van der Waals surface area contributed by atoms with Crippen molar-refractivity contribution in [3.8, 4) is 11.1 Å². The van der Waals surface area contributed by atoms with Crippen molar-refractivity contribution < 1.29 is 28.5 Å². The molecule has 0 aromatic heterocycles. The van der Waals surface area contributed by atoms with Gasteiger partial charge in [-0.2, -0.15) is 0 Å². The second-order valence-electron chi connectivity index (χ2n) is 9.45. The Hall–Kier alpha value is -3.96. The fourth-order valence-electron chi connectivity index (χ4n) is 5.08. The van der Waals surface area contributed by atoms with Gasteiger partial charge in [0.05, 0.1) is 11.4 Å². The fourth-order valence-corrected chi connectivity index (χ4v) is 5.08. The van der Waals surface area contributed by atoms with E-state index in [0.717, 1.165) is 44.8 Å². The molecule has 2 amide bonds. The Morgan fingerprint density at radius 1 is 0.605 bits per heavy atom. The summed E-state index contributed by atoms with van der Waals surface area (Å²) in [5, 5.41) is 0. The maximum Gasteiger partial charge on any atom is 0.249 e. The van der Waals surface area contributed by atoms with E-state index < -0.39 is 36.2 Å². The molecule has 4 aliphatic rings. The highest BCUT2D eigenvalue weighted by Crippen LogP contribution is 2.32. The lowest BCUT2D eigenvalue weighted by Gasteiger charge is -2.14. The number of benzene rings is 2. The summed E-state index contributed by atoms with van der Waals surface area (Å²) < 4.78 is 21.6. The standard InChI is InChI=1S/C28H26N4O6/c29-27(33)25-23(35-13-37-25)21-9-19(11-31-21)17-5-1-15(2-6-17)16-3-7-18(8-4-16)20-10-22(32-12-20)24-26(28(30)34)38-14-36-24/h1-8,11-12,23-26H,9-10,13-14H2,(H2,29,33)(H2,30,34)/t23-,24-,25+,26+/m0/s1. The second kappa shape index (κ2) is 10.1. The molecule has 2 aromatic rings. The third kappa shape index (κ3) is 4.59. The van der Waals surface area contributed by atoms with Crippen LogP contribution in [0.1, 0.15) is 24.0 Å². The summed E-state index contributed by atoms with van der Waals surface area (Å²) in [5.74, 6) is -1.10. The lowest BCUT2D eigenvalue weighted by atomic mass is 9.95. The van der Waals surface area contributed by atoms with E-state index in [1.54, 1.807) is 12.4 Å². The third-order valence-corrected chi connectivity index (χ3v) is 7.12. The van der Waals surface area contributed by atoms with Crippen LogP contribution in [-0.2, 0) is 28.5 Å². The molecule has 2 fully saturated rings. The van der Waals surface area contributed by atoms with Crippen molar-refractivity contribution in [1.82, 2.24) is 0 Å². The first kappa shape index (κ1) is 24.4. The van der Waals surface area contributed by atoms with Gasteiger partial charge in [0, 0.05) is 25.2 Å². The van der Waals surface area contributed by atoms with Crippen LogP contribution in [0.2, 0.25) is 0 Å². The van der Waals surface area contributed by atoms with Crippen LogP contribution in [0.15, 0.2) is 70.9 Å². The fraction of sp³-hybridized carbons (Fsp3) is 0.286. The van der Waals surface area contributed by atoms with Gasteiger partial charge in [-0.3, -0.25) is 19.6 Å². The molecular weight excluding hydrogens is 488 g/mol. The number of ether oxygens (including phenoxy) is 4. The number of hydrogen-bond acceptors (Lipinski definition) is 8. The molecule has 0 unspecified atom stereocenters. The van der Waals surface area contributed by atoms with Gasteiger partial charge in [0.15, 0.2) is 12.2 Å². The van der Waals surface area contributed by atoms with Gasteiger partial charge in [-0.05, 0) is 33.4 Å². The Bertz CT molecular complexity index is 1290. The van der Waals surface area contributed by atoms with Crippen LogP contribution in [0, 0.1) is 0 Å². The quantitative estimate of drug-likeness (QED) is 0.579. The largest absolute Gasteiger partial charge is 0.367 e. The molecule has 2 aromatic carbocycles. The number of amides is 2. The zero-order valence-electron chi connectivity index (χ0n) is 20.4. The van der Waals surface area contributed by atoms with Crippen LogP contribution in [0.25, 0.3) is 22.3 Å². The Kier molecular flexibility index (Phi) is 6.46. The van der Waals surface area contributed by atoms with Crippen LogP contribution in [0.4, 0.5) is 0 Å². The predicted octanol–water partition coefficient (Wildman–Crippen LogP) is 2.18. The van der Waals surface area contributed by atoms with Crippen molar-refractivity contribution in [3.63, 3.8) is 0 Å². The summed E-state index contributed by atoms with van der Waals surface area (Å²) in [6, 6.07) is 16.5. The van der Waals surface area contributed by atoms with E-state index in [2.05, 4.69) is 58.5 Å². The molecule has 0 aliphatic carbocycles. The van der Waals surface area contributed by atoms with E-state index >= 15 is 0 Å². The molecule has 4 aliphatic heterocycles. The van der Waals surface area contributed by atoms with E-state index in [4.69, 9.17) is 30.4 Å². The maximum atomic E-state index is 11.6. The molecule has 4 atom stereocenters. The van der Waals surface area contributed by atoms with Gasteiger partial charge in [0.1, 0.15) is 25.8 Å². The van der Waals surface area contributed by atoms with Gasteiger partial charge >= 0.3 is 0 Å². The molecule has 38 heavy (non-hydrogen) atoms. The van der Waals surface area contributed by atoms with Crippen molar-refractivity contribution in [3.05, 3.63) is 72.1 Å². The zero-order valence-corrected chi connectivity index (χ0v) is 20.4. The second-order valence-corrected chi connectivity index (χ2v) is 9.45. The summed E-state index contributed by atoms with van der Waals surface area (Å²) in [4.78, 5) is 32.1. The Labute approximate surface area is 218 Å². The minimum absolute atomic E-state index is 0.0330. The molecule has 0 spiro atoms. The van der Waals surface area contributed by atoms with E-state index in [9.17, 15) is 9.59 Å². The van der Waals surface area contributed by atoms with Crippen LogP contribution in [-0.4, -0.2) is 61.2 Å². The van der Waals surface area contributed by atoms with Crippen molar-refractivity contribution in [2.45, 2.75) is 37.3 Å². The smallest absolute Gasteiger partial charge is 0.249 e. The first-order chi connectivity index (χ1) is 18.5. The number of rotatable bonds is 7. The summed E-state index contributed by atoms with van der Waals surface area (Å²) in [5.41, 5.74) is 18.7. The van der Waals surface area contributed by atoms with Gasteiger partial charge in [-0.15, -0.1) is 0 Å². The lowest BCUT2D eigenvalue weighted by molar-refractivity contribution is -0.127. The van der Waals surface area contributed by atoms with Crippen molar-refractivity contribution >= 4 is 34.4 Å². The van der Waals surface area contributed by atoms with E-state index in [-0.39, 0.29) is 13.6 Å². The molecule has 4 N–H and O–H groups in total. The van der Waals surface area contributed by atoms with E-state index in [1.807, 2.05) is 0 Å². The number of allylic oxidation sites excluding steroid dienone is 2. The SMILES string of the molecule is NC(=O)[C@@H]1OCO[C@H]1C1=NC=C(c2ccc(-c3ccc(C4=CN=C([C@@H]5OCO[C@H]5C(N)=O)C4)cc3)cc2)C1. The Morgan fingerprint density at radius 3 is 1.34 bits per heavy atom. The molecule has 10 nitrogen and oxygen atoms in total. The van der Waals surface area contributed by atoms with Gasteiger partial charge in [-0.1, -0.05) is 48.5 Å². The first-order valence-electron chi connectivity index (χ1n) is 12.3. The summed E-state index contributed by atoms with van der Waals surface area (Å²) >= 11 is 0. The predicted molar refractivity (Wildman–Crippen MR) is 140 cm³/mol. The number of hydrogen-bond donors (Lipinski definition) is 2. The number of primary amides is 2. The minimum Gasteiger partial charge on any atom is -0.367 e. The monoisotopic (exact) mass is 514 g/mol. The molecule has 194 valence electrons. The van der Waals surface area contributed by atoms with Crippen LogP contribution < -0.4 is 11.5 Å². The molecule has 4 heterocycles. The number of aliphatic imine (C=N–C) groups is 2. The van der Waals surface area contributed by atoms with Gasteiger partial charge in [0.2, 0.25) is 11.8 Å². The lowest BCUT2D eigenvalue weighted by Crippen LogP contribution is -2.40.